The van der Waals surface area contributed by atoms with E-state index in [0.717, 1.165) is 26.2 Å². The van der Waals surface area contributed by atoms with E-state index in [0.29, 0.717) is 6.04 Å². The minimum Gasteiger partial charge on any atom is -0.326 e. The van der Waals surface area contributed by atoms with E-state index in [2.05, 4.69) is 40.6 Å². The Kier molecular flexibility index (Phi) is 3.97. The third-order valence-electron chi connectivity index (χ3n) is 3.31. The van der Waals surface area contributed by atoms with Crippen LogP contribution in [0.1, 0.15) is 18.5 Å². The Balaban J connectivity index is 2.08. The number of nitrogens with two attached hydrogens (primary N) is 1. The van der Waals surface area contributed by atoms with Gasteiger partial charge < -0.3 is 10.6 Å². The summed E-state index contributed by atoms with van der Waals surface area (Å²) < 4.78 is 0. The van der Waals surface area contributed by atoms with Gasteiger partial charge in [-0.1, -0.05) is 0 Å². The second kappa shape index (κ2) is 5.27. The zero-order chi connectivity index (χ0) is 11.5. The van der Waals surface area contributed by atoms with Gasteiger partial charge in [0.15, 0.2) is 0 Å². The standard InChI is InChI=1S/C12H21N3S/c1-10(13)12(11-3-8-16-9-11)15-6-4-14(2)5-7-15/h3,8-10,12H,4-7,13H2,1-2H3. The molecule has 16 heavy (non-hydrogen) atoms. The van der Waals surface area contributed by atoms with Crippen LogP contribution in [0.5, 0.6) is 0 Å². The molecule has 2 atom stereocenters. The van der Waals surface area contributed by atoms with Crippen LogP contribution in [0.3, 0.4) is 0 Å². The van der Waals surface area contributed by atoms with Gasteiger partial charge in [0.2, 0.25) is 0 Å². The van der Waals surface area contributed by atoms with Crippen molar-refractivity contribution in [2.75, 3.05) is 33.2 Å². The molecule has 0 spiro atoms. The Labute approximate surface area is 102 Å². The van der Waals surface area contributed by atoms with Gasteiger partial charge in [-0.25, -0.2) is 0 Å². The average Bonchev–Trinajstić information content (AvgIpc) is 2.74. The molecule has 1 aliphatic heterocycles. The molecule has 0 aromatic carbocycles. The Hall–Kier alpha value is -0.420. The highest BCUT2D eigenvalue weighted by Crippen LogP contribution is 2.26. The van der Waals surface area contributed by atoms with E-state index in [4.69, 9.17) is 5.73 Å². The van der Waals surface area contributed by atoms with Crippen molar-refractivity contribution in [2.24, 2.45) is 5.73 Å². The van der Waals surface area contributed by atoms with Gasteiger partial charge in [0, 0.05) is 32.2 Å². The van der Waals surface area contributed by atoms with Crippen molar-refractivity contribution >= 4 is 11.3 Å². The van der Waals surface area contributed by atoms with Gasteiger partial charge in [0.05, 0.1) is 6.04 Å². The highest BCUT2D eigenvalue weighted by Gasteiger charge is 2.26. The molecule has 2 unspecified atom stereocenters. The van der Waals surface area contributed by atoms with E-state index in [1.165, 1.54) is 5.56 Å². The minimum atomic E-state index is 0.193. The number of nitrogens with zero attached hydrogens (tertiary/aromatic N) is 2. The number of hydrogen-bond acceptors (Lipinski definition) is 4. The van der Waals surface area contributed by atoms with Crippen LogP contribution in [0.25, 0.3) is 0 Å². The second-order valence-corrected chi connectivity index (χ2v) is 5.48. The van der Waals surface area contributed by atoms with Crippen LogP contribution in [-0.4, -0.2) is 49.1 Å². The van der Waals surface area contributed by atoms with Crippen LogP contribution in [-0.2, 0) is 0 Å². The van der Waals surface area contributed by atoms with Crippen molar-refractivity contribution in [3.63, 3.8) is 0 Å². The van der Waals surface area contributed by atoms with Crippen LogP contribution in [0.2, 0.25) is 0 Å². The first-order valence-corrected chi connectivity index (χ1v) is 6.83. The maximum atomic E-state index is 6.14. The summed E-state index contributed by atoms with van der Waals surface area (Å²) in [6.45, 7) is 6.65. The molecule has 4 heteroatoms. The zero-order valence-electron chi connectivity index (χ0n) is 10.1. The Morgan fingerprint density at radius 3 is 2.50 bits per heavy atom. The van der Waals surface area contributed by atoms with Gasteiger partial charge in [-0.05, 0) is 36.4 Å². The van der Waals surface area contributed by atoms with E-state index in [1.807, 2.05) is 0 Å². The van der Waals surface area contributed by atoms with E-state index in [-0.39, 0.29) is 6.04 Å². The van der Waals surface area contributed by atoms with E-state index >= 15 is 0 Å². The molecule has 0 radical (unpaired) electrons. The van der Waals surface area contributed by atoms with E-state index < -0.39 is 0 Å². The lowest BCUT2D eigenvalue weighted by Gasteiger charge is -2.39. The molecule has 1 aromatic rings. The fraction of sp³-hybridized carbons (Fsp3) is 0.667. The predicted molar refractivity (Wildman–Crippen MR) is 69.8 cm³/mol. The summed E-state index contributed by atoms with van der Waals surface area (Å²) in [5, 5.41) is 4.37. The van der Waals surface area contributed by atoms with Crippen LogP contribution in [0.4, 0.5) is 0 Å². The molecular weight excluding hydrogens is 218 g/mol. The zero-order valence-corrected chi connectivity index (χ0v) is 10.9. The van der Waals surface area contributed by atoms with Crippen LogP contribution in [0.15, 0.2) is 16.8 Å². The molecule has 1 aromatic heterocycles. The molecule has 1 aliphatic rings. The average molecular weight is 239 g/mol. The molecule has 0 aliphatic carbocycles. The van der Waals surface area contributed by atoms with Crippen molar-refractivity contribution < 1.29 is 0 Å². The third-order valence-corrected chi connectivity index (χ3v) is 4.02. The summed E-state index contributed by atoms with van der Waals surface area (Å²) >= 11 is 1.76. The molecule has 3 nitrogen and oxygen atoms in total. The summed E-state index contributed by atoms with van der Waals surface area (Å²) in [6, 6.07) is 2.79. The quantitative estimate of drug-likeness (QED) is 0.865. The second-order valence-electron chi connectivity index (χ2n) is 4.70. The molecule has 1 fully saturated rings. The maximum absolute atomic E-state index is 6.14. The molecule has 0 amide bonds. The van der Waals surface area contributed by atoms with Gasteiger partial charge >= 0.3 is 0 Å². The number of hydrogen-bond donors (Lipinski definition) is 1. The summed E-state index contributed by atoms with van der Waals surface area (Å²) in [4.78, 5) is 4.90. The summed E-state index contributed by atoms with van der Waals surface area (Å²) in [5.41, 5.74) is 7.52. The monoisotopic (exact) mass is 239 g/mol. The molecule has 2 N–H and O–H groups in total. The summed E-state index contributed by atoms with van der Waals surface area (Å²) in [5.74, 6) is 0. The molecule has 2 rings (SSSR count). The number of rotatable bonds is 3. The van der Waals surface area contributed by atoms with Crippen molar-refractivity contribution in [2.45, 2.75) is 19.0 Å². The Bertz CT molecular complexity index is 302. The highest BCUT2D eigenvalue weighted by atomic mass is 32.1. The van der Waals surface area contributed by atoms with E-state index in [1.54, 1.807) is 11.3 Å². The highest BCUT2D eigenvalue weighted by molar-refractivity contribution is 7.07. The first-order chi connectivity index (χ1) is 7.68. The summed E-state index contributed by atoms with van der Waals surface area (Å²) in [7, 11) is 2.18. The smallest absolute Gasteiger partial charge is 0.0505 e. The van der Waals surface area contributed by atoms with Gasteiger partial charge in [0.25, 0.3) is 0 Å². The van der Waals surface area contributed by atoms with Crippen LogP contribution >= 0.6 is 11.3 Å². The first kappa shape index (κ1) is 12.0. The maximum Gasteiger partial charge on any atom is 0.0505 e. The summed E-state index contributed by atoms with van der Waals surface area (Å²) in [6.07, 6.45) is 0. The lowest BCUT2D eigenvalue weighted by molar-refractivity contribution is 0.101. The lowest BCUT2D eigenvalue weighted by Crippen LogP contribution is -2.49. The normalized spacial score (nSPS) is 23.2. The van der Waals surface area contributed by atoms with Crippen LogP contribution in [0, 0.1) is 0 Å². The van der Waals surface area contributed by atoms with Gasteiger partial charge in [-0.15, -0.1) is 0 Å². The number of likely N-dealkylation sites (N-methyl/N-ethyl adjacent to an activating group) is 1. The third kappa shape index (κ3) is 2.63. The number of piperazine rings is 1. The van der Waals surface area contributed by atoms with Gasteiger partial charge in [-0.3, -0.25) is 4.90 Å². The fourth-order valence-corrected chi connectivity index (χ4v) is 3.08. The molecule has 0 bridgehead atoms. The minimum absolute atomic E-state index is 0.193. The fourth-order valence-electron chi connectivity index (χ4n) is 2.39. The van der Waals surface area contributed by atoms with Crippen LogP contribution < -0.4 is 5.73 Å². The largest absolute Gasteiger partial charge is 0.326 e. The first-order valence-electron chi connectivity index (χ1n) is 5.89. The lowest BCUT2D eigenvalue weighted by atomic mass is 10.0. The predicted octanol–water partition coefficient (Wildman–Crippen LogP) is 1.38. The van der Waals surface area contributed by atoms with Crippen molar-refractivity contribution in [1.82, 2.24) is 9.80 Å². The SMILES string of the molecule is CC(N)C(c1ccsc1)N1CCN(C)CC1. The molecule has 90 valence electrons. The van der Waals surface area contributed by atoms with Gasteiger partial charge in [0.1, 0.15) is 0 Å². The van der Waals surface area contributed by atoms with Gasteiger partial charge in [-0.2, -0.15) is 11.3 Å². The number of thiophene rings is 1. The molecule has 0 saturated carbocycles. The van der Waals surface area contributed by atoms with Crippen molar-refractivity contribution in [3.05, 3.63) is 22.4 Å². The van der Waals surface area contributed by atoms with E-state index in [9.17, 15) is 0 Å². The van der Waals surface area contributed by atoms with Crippen molar-refractivity contribution in [1.29, 1.82) is 0 Å². The molecule has 2 heterocycles. The Morgan fingerprint density at radius 2 is 2.00 bits per heavy atom. The molecular formula is C12H21N3S. The molecule has 1 saturated heterocycles. The van der Waals surface area contributed by atoms with Crippen molar-refractivity contribution in [3.8, 4) is 0 Å². The topological polar surface area (TPSA) is 32.5 Å². The Morgan fingerprint density at radius 1 is 1.31 bits per heavy atom.